The maximum Gasteiger partial charge on any atom is 0.270 e. The van der Waals surface area contributed by atoms with Gasteiger partial charge in [0.1, 0.15) is 11.4 Å². The predicted molar refractivity (Wildman–Crippen MR) is 143 cm³/mol. The van der Waals surface area contributed by atoms with Crippen LogP contribution in [0.1, 0.15) is 28.5 Å². The Hall–Kier alpha value is -3.82. The molecule has 9 heteroatoms. The fraction of sp³-hybridized carbons (Fsp3) is 0.250. The number of sulfonamides is 1. The average Bonchev–Trinajstić information content (AvgIpc) is 3.50. The van der Waals surface area contributed by atoms with Crippen LogP contribution in [0.5, 0.6) is 5.75 Å². The Morgan fingerprint density at radius 1 is 1.08 bits per heavy atom. The van der Waals surface area contributed by atoms with E-state index in [0.717, 1.165) is 22.3 Å². The maximum absolute atomic E-state index is 13.7. The zero-order chi connectivity index (χ0) is 26.0. The van der Waals surface area contributed by atoms with E-state index in [0.29, 0.717) is 31.0 Å². The molecule has 0 spiro atoms. The van der Waals surface area contributed by atoms with E-state index >= 15 is 0 Å². The summed E-state index contributed by atoms with van der Waals surface area (Å²) in [5, 5.41) is 2.08. The molecule has 4 aromatic rings. The monoisotopic (exact) mass is 519 g/mol. The van der Waals surface area contributed by atoms with Crippen LogP contribution in [0, 0.1) is 0 Å². The summed E-state index contributed by atoms with van der Waals surface area (Å²) in [6, 6.07) is 20.3. The third kappa shape index (κ3) is 5.19. The first kappa shape index (κ1) is 24.9. The lowest BCUT2D eigenvalue weighted by Crippen LogP contribution is -2.55. The Balaban J connectivity index is 1.34. The molecule has 37 heavy (non-hydrogen) atoms. The number of ether oxygens (including phenoxy) is 1. The number of piperazine rings is 1. The van der Waals surface area contributed by atoms with Gasteiger partial charge in [-0.2, -0.15) is 4.31 Å². The van der Waals surface area contributed by atoms with Gasteiger partial charge in [0.25, 0.3) is 5.91 Å². The Morgan fingerprint density at radius 3 is 2.65 bits per heavy atom. The van der Waals surface area contributed by atoms with Gasteiger partial charge in [0.2, 0.25) is 15.7 Å². The topological polar surface area (TPSA) is 85.0 Å². The van der Waals surface area contributed by atoms with Crippen molar-refractivity contribution in [1.82, 2.24) is 13.8 Å². The summed E-state index contributed by atoms with van der Waals surface area (Å²) in [5.74, 6) is 0.582. The second-order valence-corrected chi connectivity index (χ2v) is 10.9. The Labute approximate surface area is 216 Å². The quantitative estimate of drug-likeness (QED) is 0.361. The molecule has 0 radical (unpaired) electrons. The van der Waals surface area contributed by atoms with Crippen LogP contribution in [0.3, 0.4) is 0 Å². The molecule has 1 aliphatic rings. The molecule has 1 aliphatic heterocycles. The highest BCUT2D eigenvalue weighted by atomic mass is 32.2. The van der Waals surface area contributed by atoms with Crippen molar-refractivity contribution in [3.05, 3.63) is 95.2 Å². The highest BCUT2D eigenvalue weighted by Crippen LogP contribution is 2.26. The fourth-order valence-electron chi connectivity index (χ4n) is 4.73. The van der Waals surface area contributed by atoms with E-state index in [-0.39, 0.29) is 18.5 Å². The number of methoxy groups -OCH3 is 1. The Bertz CT molecular complexity index is 1540. The summed E-state index contributed by atoms with van der Waals surface area (Å²) >= 11 is 0. The smallest absolute Gasteiger partial charge is 0.270 e. The minimum Gasteiger partial charge on any atom is -0.497 e. The highest BCUT2D eigenvalue weighted by Gasteiger charge is 2.34. The van der Waals surface area contributed by atoms with Gasteiger partial charge in [-0.25, -0.2) is 8.42 Å². The van der Waals surface area contributed by atoms with E-state index in [4.69, 9.17) is 9.15 Å². The number of amides is 1. The lowest BCUT2D eigenvalue weighted by atomic mass is 10.2. The molecule has 0 N–H and O–H groups in total. The minimum absolute atomic E-state index is 0.155. The number of aromatic nitrogens is 1. The largest absolute Gasteiger partial charge is 0.497 e. The van der Waals surface area contributed by atoms with Crippen molar-refractivity contribution in [1.29, 1.82) is 0 Å². The Kier molecular flexibility index (Phi) is 6.90. The van der Waals surface area contributed by atoms with E-state index in [2.05, 4.69) is 0 Å². The van der Waals surface area contributed by atoms with Crippen LogP contribution in [0.15, 0.2) is 82.8 Å². The van der Waals surface area contributed by atoms with E-state index in [9.17, 15) is 13.2 Å². The zero-order valence-corrected chi connectivity index (χ0v) is 21.6. The van der Waals surface area contributed by atoms with Crippen molar-refractivity contribution in [2.24, 2.45) is 0 Å². The van der Waals surface area contributed by atoms with Crippen LogP contribution < -0.4 is 4.74 Å². The van der Waals surface area contributed by atoms with Crippen LogP contribution in [0.4, 0.5) is 0 Å². The molecular formula is C28H29N3O5S. The van der Waals surface area contributed by atoms with Gasteiger partial charge in [-0.15, -0.1) is 0 Å². The van der Waals surface area contributed by atoms with Gasteiger partial charge in [0.05, 0.1) is 19.9 Å². The van der Waals surface area contributed by atoms with Gasteiger partial charge in [0, 0.05) is 36.5 Å². The lowest BCUT2D eigenvalue weighted by molar-refractivity contribution is 0.0633. The number of carbonyl (C=O) groups is 1. The van der Waals surface area contributed by atoms with Crippen LogP contribution in [0.2, 0.25) is 0 Å². The standard InChI is InChI=1S/C28H29N3O5S/c1-21-19-29(13-14-31(21)37(33,34)16-12-22-7-4-3-5-8-22)27(32)26-18-24-11-15-36-28(24)30(26)20-23-9-6-10-25(17-23)35-2/h3-12,15-18,21H,13-14,19-20H2,1-2H3/b16-12+. The second-order valence-electron chi connectivity index (χ2n) is 9.12. The molecule has 5 rings (SSSR count). The van der Waals surface area contributed by atoms with Gasteiger partial charge in [-0.1, -0.05) is 42.5 Å². The summed E-state index contributed by atoms with van der Waals surface area (Å²) in [4.78, 5) is 15.4. The van der Waals surface area contributed by atoms with Crippen LogP contribution in [-0.4, -0.2) is 60.9 Å². The molecule has 0 aliphatic carbocycles. The number of carbonyl (C=O) groups excluding carboxylic acids is 1. The highest BCUT2D eigenvalue weighted by molar-refractivity contribution is 7.92. The number of nitrogens with zero attached hydrogens (tertiary/aromatic N) is 3. The second kappa shape index (κ2) is 10.3. The first-order valence-electron chi connectivity index (χ1n) is 12.1. The van der Waals surface area contributed by atoms with Crippen molar-refractivity contribution < 1.29 is 22.4 Å². The third-order valence-corrected chi connectivity index (χ3v) is 8.29. The van der Waals surface area contributed by atoms with Gasteiger partial charge in [0.15, 0.2) is 0 Å². The molecule has 192 valence electrons. The van der Waals surface area contributed by atoms with Gasteiger partial charge >= 0.3 is 0 Å². The van der Waals surface area contributed by atoms with Gasteiger partial charge < -0.3 is 18.6 Å². The maximum atomic E-state index is 13.7. The van der Waals surface area contributed by atoms with Crippen molar-refractivity contribution in [2.45, 2.75) is 19.5 Å². The minimum atomic E-state index is -3.63. The number of furan rings is 1. The molecule has 0 saturated carbocycles. The number of benzene rings is 2. The van der Waals surface area contributed by atoms with Crippen LogP contribution >= 0.6 is 0 Å². The third-order valence-electron chi connectivity index (χ3n) is 6.61. The summed E-state index contributed by atoms with van der Waals surface area (Å²) in [7, 11) is -2.01. The van der Waals surface area contributed by atoms with Gasteiger partial charge in [-0.3, -0.25) is 4.79 Å². The fourth-order valence-corrected chi connectivity index (χ4v) is 6.12. The van der Waals surface area contributed by atoms with E-state index in [1.54, 1.807) is 24.3 Å². The lowest BCUT2D eigenvalue weighted by Gasteiger charge is -2.38. The zero-order valence-electron chi connectivity index (χ0n) is 20.8. The molecule has 0 bridgehead atoms. The van der Waals surface area contributed by atoms with E-state index in [1.165, 1.54) is 9.71 Å². The molecule has 2 aromatic heterocycles. The molecule has 1 unspecified atom stereocenters. The first-order valence-corrected chi connectivity index (χ1v) is 13.6. The average molecular weight is 520 g/mol. The van der Waals surface area contributed by atoms with Crippen molar-refractivity contribution in [3.63, 3.8) is 0 Å². The molecule has 1 saturated heterocycles. The predicted octanol–water partition coefficient (Wildman–Crippen LogP) is 4.44. The number of rotatable bonds is 7. The van der Waals surface area contributed by atoms with Crippen molar-refractivity contribution >= 4 is 33.1 Å². The molecule has 1 fully saturated rings. The number of hydrogen-bond donors (Lipinski definition) is 0. The number of fused-ring (bicyclic) bond motifs is 1. The molecule has 3 heterocycles. The van der Waals surface area contributed by atoms with Crippen LogP contribution in [-0.2, 0) is 16.6 Å². The molecule has 2 aromatic carbocycles. The molecule has 1 amide bonds. The van der Waals surface area contributed by atoms with Crippen molar-refractivity contribution in [2.75, 3.05) is 26.7 Å². The molecular weight excluding hydrogens is 490 g/mol. The van der Waals surface area contributed by atoms with E-state index in [1.807, 2.05) is 78.2 Å². The summed E-state index contributed by atoms with van der Waals surface area (Å²) in [6.45, 7) is 3.08. The normalized spacial score (nSPS) is 17.0. The Morgan fingerprint density at radius 2 is 1.89 bits per heavy atom. The van der Waals surface area contributed by atoms with E-state index < -0.39 is 10.0 Å². The first-order chi connectivity index (χ1) is 17.9. The number of hydrogen-bond acceptors (Lipinski definition) is 5. The summed E-state index contributed by atoms with van der Waals surface area (Å²) in [6.07, 6.45) is 3.20. The summed E-state index contributed by atoms with van der Waals surface area (Å²) < 4.78 is 40.4. The van der Waals surface area contributed by atoms with Crippen molar-refractivity contribution in [3.8, 4) is 5.75 Å². The van der Waals surface area contributed by atoms with Crippen LogP contribution in [0.25, 0.3) is 17.2 Å². The SMILES string of the molecule is COc1cccc(Cn2c(C(=O)N3CCN(S(=O)(=O)/C=C/c4ccccc4)C(C)C3)cc3ccoc32)c1. The molecule has 8 nitrogen and oxygen atoms in total. The summed E-state index contributed by atoms with van der Waals surface area (Å²) in [5.41, 5.74) is 2.90. The van der Waals surface area contributed by atoms with Gasteiger partial charge in [-0.05, 0) is 48.4 Å². The molecule has 1 atom stereocenters.